The van der Waals surface area contributed by atoms with Gasteiger partial charge in [0, 0.05) is 32.7 Å². The Morgan fingerprint density at radius 1 is 1.03 bits per heavy atom. The zero-order chi connectivity index (χ0) is 27.1. The Bertz CT molecular complexity index is 993. The molecule has 3 saturated heterocycles. The molecule has 1 N–H and O–H groups in total. The van der Waals surface area contributed by atoms with Gasteiger partial charge in [0.15, 0.2) is 0 Å². The molecule has 0 aromatic heterocycles. The molecule has 0 radical (unpaired) electrons. The lowest BCUT2D eigenvalue weighted by Gasteiger charge is -2.42. The number of hydrogen-bond acceptors (Lipinski definition) is 8. The number of amides is 2. The van der Waals surface area contributed by atoms with Crippen molar-refractivity contribution in [2.24, 2.45) is 17.8 Å². The summed E-state index contributed by atoms with van der Waals surface area (Å²) >= 11 is 0. The maximum absolute atomic E-state index is 14.4. The van der Waals surface area contributed by atoms with E-state index in [4.69, 9.17) is 14.2 Å². The predicted octanol–water partition coefficient (Wildman–Crippen LogP) is 0.598. The first kappa shape index (κ1) is 27.3. The summed E-state index contributed by atoms with van der Waals surface area (Å²) in [6.45, 7) is 10.3. The molecule has 1 spiro atoms. The predicted molar refractivity (Wildman–Crippen MR) is 138 cm³/mol. The summed E-state index contributed by atoms with van der Waals surface area (Å²) in [5, 5.41) is 10.4. The van der Waals surface area contributed by atoms with Gasteiger partial charge in [-0.1, -0.05) is 45.1 Å². The molecule has 2 amide bonds. The number of ether oxygens (including phenoxy) is 3. The molecule has 0 aliphatic carbocycles. The lowest BCUT2D eigenvalue weighted by atomic mass is 9.73. The van der Waals surface area contributed by atoms with Crippen molar-refractivity contribution in [2.45, 2.75) is 56.9 Å². The Kier molecular flexibility index (Phi) is 7.70. The Morgan fingerprint density at radius 3 is 2.47 bits per heavy atom. The van der Waals surface area contributed by atoms with Gasteiger partial charge in [0.05, 0.1) is 38.4 Å². The summed E-state index contributed by atoms with van der Waals surface area (Å²) in [6, 6.07) is -1.58. The lowest BCUT2D eigenvalue weighted by molar-refractivity contribution is -0.164. The van der Waals surface area contributed by atoms with E-state index in [9.17, 15) is 19.5 Å². The molecule has 0 aromatic rings. The molecule has 0 saturated carbocycles. The number of hydrogen-bond donors (Lipinski definition) is 1. The summed E-state index contributed by atoms with van der Waals surface area (Å²) < 4.78 is 17.9. The maximum Gasteiger partial charge on any atom is 0.313 e. The van der Waals surface area contributed by atoms with Gasteiger partial charge >= 0.3 is 5.97 Å². The molecular formula is C28H41N3O7. The molecule has 10 heteroatoms. The zero-order valence-electron chi connectivity index (χ0n) is 22.7. The first-order chi connectivity index (χ1) is 18.3. The molecule has 5 heterocycles. The molecule has 10 nitrogen and oxygen atoms in total. The third-order valence-corrected chi connectivity index (χ3v) is 9.03. The van der Waals surface area contributed by atoms with Crippen LogP contribution in [0.3, 0.4) is 0 Å². The van der Waals surface area contributed by atoms with Crippen LogP contribution in [0.2, 0.25) is 0 Å². The van der Waals surface area contributed by atoms with Crippen LogP contribution in [0.25, 0.3) is 0 Å². The average molecular weight is 532 g/mol. The minimum atomic E-state index is -1.33. The van der Waals surface area contributed by atoms with E-state index in [1.54, 1.807) is 4.90 Å². The van der Waals surface area contributed by atoms with Gasteiger partial charge in [-0.3, -0.25) is 19.3 Å². The number of esters is 1. The van der Waals surface area contributed by atoms with Gasteiger partial charge in [-0.2, -0.15) is 0 Å². The molecular weight excluding hydrogens is 490 g/mol. The summed E-state index contributed by atoms with van der Waals surface area (Å²) in [6.07, 6.45) is 8.63. The third kappa shape index (κ3) is 4.29. The Hall–Kier alpha value is -2.27. The van der Waals surface area contributed by atoms with E-state index < -0.39 is 41.1 Å². The van der Waals surface area contributed by atoms with Gasteiger partial charge in [0.25, 0.3) is 0 Å². The number of fused-ring (bicyclic) bond motifs is 2. The van der Waals surface area contributed by atoms with Crippen molar-refractivity contribution >= 4 is 17.8 Å². The quantitative estimate of drug-likeness (QED) is 0.376. The number of likely N-dealkylation sites (tertiary alicyclic amines) is 1. The Balaban J connectivity index is 1.57. The summed E-state index contributed by atoms with van der Waals surface area (Å²) in [5.74, 6) is -2.92. The number of morpholine rings is 1. The van der Waals surface area contributed by atoms with Crippen LogP contribution in [0, 0.1) is 17.8 Å². The summed E-state index contributed by atoms with van der Waals surface area (Å²) in [7, 11) is 0. The van der Waals surface area contributed by atoms with Gasteiger partial charge in [0.1, 0.15) is 23.2 Å². The molecule has 5 aliphatic rings. The fourth-order valence-corrected chi connectivity index (χ4v) is 6.98. The van der Waals surface area contributed by atoms with E-state index in [1.165, 1.54) is 4.90 Å². The highest BCUT2D eigenvalue weighted by atomic mass is 16.6. The van der Waals surface area contributed by atoms with Gasteiger partial charge in [-0.25, -0.2) is 0 Å². The molecule has 1 unspecified atom stereocenters. The van der Waals surface area contributed by atoms with Crippen molar-refractivity contribution in [1.29, 1.82) is 0 Å². The third-order valence-electron chi connectivity index (χ3n) is 9.03. The van der Waals surface area contributed by atoms with Crippen molar-refractivity contribution in [3.05, 3.63) is 24.3 Å². The van der Waals surface area contributed by atoms with Crippen molar-refractivity contribution in [3.63, 3.8) is 0 Å². The van der Waals surface area contributed by atoms with Crippen LogP contribution in [0.5, 0.6) is 0 Å². The second-order valence-electron chi connectivity index (χ2n) is 11.4. The molecule has 0 aromatic carbocycles. The molecule has 38 heavy (non-hydrogen) atoms. The van der Waals surface area contributed by atoms with E-state index in [2.05, 4.69) is 4.90 Å². The number of carbonyl (C=O) groups is 3. The first-order valence-corrected chi connectivity index (χ1v) is 14.0. The van der Waals surface area contributed by atoms with Crippen LogP contribution in [-0.4, -0.2) is 120 Å². The van der Waals surface area contributed by atoms with Gasteiger partial charge < -0.3 is 29.1 Å². The standard InChI is InChI=1S/C28H41N3O7/c1-4-27-8-5-6-15-37-26(35)22(27)21-24(33)31(20(18-32)19(2)3)23-25(34)30(10-7-9-28(21,23)38-27)12-11-29-13-16-36-17-14-29/h5,7-9,19-23,32H,4,6,10-18H2,1-3H3/t20-,21-,22-,23?,27+,28-/m0/s1. The largest absolute Gasteiger partial charge is 0.465 e. The molecule has 5 aliphatic heterocycles. The summed E-state index contributed by atoms with van der Waals surface area (Å²) in [4.78, 5) is 47.8. The van der Waals surface area contributed by atoms with E-state index in [1.807, 2.05) is 45.1 Å². The van der Waals surface area contributed by atoms with Crippen molar-refractivity contribution < 1.29 is 33.7 Å². The topological polar surface area (TPSA) is 109 Å². The van der Waals surface area contributed by atoms with Crippen LogP contribution in [0.15, 0.2) is 24.3 Å². The average Bonchev–Trinajstić information content (AvgIpc) is 3.25. The monoisotopic (exact) mass is 531 g/mol. The van der Waals surface area contributed by atoms with E-state index in [0.717, 1.165) is 13.1 Å². The minimum Gasteiger partial charge on any atom is -0.465 e. The van der Waals surface area contributed by atoms with Gasteiger partial charge in [0.2, 0.25) is 11.8 Å². The molecule has 0 bridgehead atoms. The molecule has 5 rings (SSSR count). The number of rotatable bonds is 7. The van der Waals surface area contributed by atoms with Crippen molar-refractivity contribution in [2.75, 3.05) is 59.2 Å². The number of carbonyl (C=O) groups excluding carboxylic acids is 3. The Morgan fingerprint density at radius 2 is 1.79 bits per heavy atom. The van der Waals surface area contributed by atoms with Crippen LogP contribution in [0.1, 0.15) is 33.6 Å². The maximum atomic E-state index is 14.4. The smallest absolute Gasteiger partial charge is 0.313 e. The van der Waals surface area contributed by atoms with Crippen LogP contribution in [0.4, 0.5) is 0 Å². The second-order valence-corrected chi connectivity index (χ2v) is 11.4. The molecule has 6 atom stereocenters. The highest BCUT2D eigenvalue weighted by Crippen LogP contribution is 2.58. The van der Waals surface area contributed by atoms with E-state index >= 15 is 0 Å². The fraction of sp³-hybridized carbons (Fsp3) is 0.750. The van der Waals surface area contributed by atoms with Crippen molar-refractivity contribution in [1.82, 2.24) is 14.7 Å². The number of cyclic esters (lactones) is 1. The summed E-state index contributed by atoms with van der Waals surface area (Å²) in [5.41, 5.74) is -2.39. The number of nitrogens with zero attached hydrogens (tertiary/aromatic N) is 3. The highest BCUT2D eigenvalue weighted by molar-refractivity contribution is 5.99. The molecule has 210 valence electrons. The SMILES string of the molecule is CC[C@@]12C=CCCOC(=O)[C@@H]1[C@H]1C(=O)N([C@@H](CO)C(C)C)C3C(=O)N(CCN4CCOCC4)CC=C[C@@]31O2. The fourth-order valence-electron chi connectivity index (χ4n) is 6.98. The normalized spacial score (nSPS) is 36.4. The minimum absolute atomic E-state index is 0.109. The van der Waals surface area contributed by atoms with Crippen molar-refractivity contribution in [3.8, 4) is 0 Å². The van der Waals surface area contributed by atoms with E-state index in [-0.39, 0.29) is 30.9 Å². The van der Waals surface area contributed by atoms with Crippen LogP contribution in [-0.2, 0) is 28.6 Å². The van der Waals surface area contributed by atoms with Gasteiger partial charge in [-0.15, -0.1) is 0 Å². The highest BCUT2D eigenvalue weighted by Gasteiger charge is 2.76. The lowest BCUT2D eigenvalue weighted by Crippen LogP contribution is -2.60. The van der Waals surface area contributed by atoms with Crippen LogP contribution >= 0.6 is 0 Å². The second kappa shape index (κ2) is 10.7. The number of aliphatic hydroxyl groups is 1. The number of aliphatic hydroxyl groups excluding tert-OH is 1. The van der Waals surface area contributed by atoms with E-state index in [0.29, 0.717) is 45.7 Å². The molecule has 3 fully saturated rings. The van der Waals surface area contributed by atoms with Gasteiger partial charge in [-0.05, 0) is 18.8 Å². The zero-order valence-corrected chi connectivity index (χ0v) is 22.7. The Labute approximate surface area is 224 Å². The first-order valence-electron chi connectivity index (χ1n) is 14.0. The van der Waals surface area contributed by atoms with Crippen LogP contribution < -0.4 is 0 Å².